The summed E-state index contributed by atoms with van der Waals surface area (Å²) in [5.74, 6) is 0. The second-order valence-corrected chi connectivity index (χ2v) is 7.54. The lowest BCUT2D eigenvalue weighted by Gasteiger charge is -2.29. The Morgan fingerprint density at radius 2 is 1.87 bits per heavy atom. The summed E-state index contributed by atoms with van der Waals surface area (Å²) in [6, 6.07) is 9.67. The minimum atomic E-state index is -4.53. The fourth-order valence-electron chi connectivity index (χ4n) is 4.00. The molecule has 0 bridgehead atoms. The van der Waals surface area contributed by atoms with Gasteiger partial charge in [0.2, 0.25) is 0 Å². The molecule has 0 saturated carbocycles. The molecule has 160 valence electrons. The predicted octanol–water partition coefficient (Wildman–Crippen LogP) is 4.49. The molecule has 1 aliphatic rings. The van der Waals surface area contributed by atoms with E-state index < -0.39 is 11.7 Å². The summed E-state index contributed by atoms with van der Waals surface area (Å²) >= 11 is 0. The minimum Gasteiger partial charge on any atom is -0.378 e. The van der Waals surface area contributed by atoms with Crippen molar-refractivity contribution in [2.75, 3.05) is 31.2 Å². The maximum Gasteiger partial charge on any atom is 0.418 e. The summed E-state index contributed by atoms with van der Waals surface area (Å²) in [5, 5.41) is 4.47. The van der Waals surface area contributed by atoms with Gasteiger partial charge in [-0.05, 0) is 18.2 Å². The van der Waals surface area contributed by atoms with Crippen LogP contribution in [-0.2, 0) is 18.0 Å². The third kappa shape index (κ3) is 3.65. The molecule has 9 heteroatoms. The summed E-state index contributed by atoms with van der Waals surface area (Å²) in [6.07, 6.45) is -0.624. The second kappa shape index (κ2) is 7.42. The highest BCUT2D eigenvalue weighted by atomic mass is 19.4. The summed E-state index contributed by atoms with van der Waals surface area (Å²) in [4.78, 5) is 9.49. The number of nitrogens with one attached hydrogen (secondary N) is 1. The molecular formula is C22H20F3N5O. The normalized spacial score (nSPS) is 15.0. The van der Waals surface area contributed by atoms with E-state index in [-0.39, 0.29) is 5.56 Å². The van der Waals surface area contributed by atoms with E-state index in [9.17, 15) is 13.2 Å². The van der Waals surface area contributed by atoms with Gasteiger partial charge >= 0.3 is 6.18 Å². The van der Waals surface area contributed by atoms with E-state index in [1.54, 1.807) is 19.3 Å². The van der Waals surface area contributed by atoms with Crippen LogP contribution in [0, 0.1) is 0 Å². The number of aromatic amines is 1. The Kier molecular flexibility index (Phi) is 4.70. The lowest BCUT2D eigenvalue weighted by Crippen LogP contribution is -2.36. The van der Waals surface area contributed by atoms with E-state index in [1.807, 2.05) is 24.3 Å². The highest BCUT2D eigenvalue weighted by molar-refractivity contribution is 5.97. The van der Waals surface area contributed by atoms with Gasteiger partial charge in [-0.25, -0.2) is 4.98 Å². The molecule has 0 radical (unpaired) electrons. The van der Waals surface area contributed by atoms with Crippen LogP contribution in [-0.4, -0.2) is 46.1 Å². The van der Waals surface area contributed by atoms with E-state index >= 15 is 0 Å². The number of aryl methyl sites for hydroxylation is 1. The van der Waals surface area contributed by atoms with E-state index in [1.165, 1.54) is 10.9 Å². The van der Waals surface area contributed by atoms with E-state index in [0.29, 0.717) is 35.5 Å². The second-order valence-electron chi connectivity index (χ2n) is 7.54. The molecule has 6 nitrogen and oxygen atoms in total. The molecule has 0 aliphatic carbocycles. The first-order valence-electron chi connectivity index (χ1n) is 9.91. The topological polar surface area (TPSA) is 59.0 Å². The SMILES string of the molecule is Cn1cc(-c2c(C(F)(F)F)cnc3[nH]c(-c4cccc(N5CCOCC5)c4)cc23)cn1. The molecule has 1 saturated heterocycles. The van der Waals surface area contributed by atoms with E-state index in [0.717, 1.165) is 30.5 Å². The zero-order valence-corrected chi connectivity index (χ0v) is 16.8. The van der Waals surface area contributed by atoms with Crippen LogP contribution in [0.5, 0.6) is 0 Å². The first-order valence-corrected chi connectivity index (χ1v) is 9.91. The smallest absolute Gasteiger partial charge is 0.378 e. The summed E-state index contributed by atoms with van der Waals surface area (Å²) < 4.78 is 48.2. The van der Waals surface area contributed by atoms with Crippen molar-refractivity contribution in [1.82, 2.24) is 19.7 Å². The number of aromatic nitrogens is 4. The number of hydrogen-bond donors (Lipinski definition) is 1. The first-order chi connectivity index (χ1) is 14.9. The number of pyridine rings is 1. The number of rotatable bonds is 3. The molecule has 0 atom stereocenters. The average molecular weight is 427 g/mol. The Morgan fingerprint density at radius 1 is 1.06 bits per heavy atom. The predicted molar refractivity (Wildman–Crippen MR) is 112 cm³/mol. The summed E-state index contributed by atoms with van der Waals surface area (Å²) in [6.45, 7) is 2.96. The third-order valence-electron chi connectivity index (χ3n) is 5.49. The standard InChI is InChI=1S/C22H20F3N5O/c1-29-13-15(11-27-29)20-17-10-19(28-21(17)26-12-18(20)22(23,24)25)14-3-2-4-16(9-14)30-5-7-31-8-6-30/h2-4,9-13H,5-8H2,1H3,(H,26,28). The van der Waals surface area contributed by atoms with Gasteiger partial charge in [0, 0.05) is 66.0 Å². The molecule has 3 aromatic heterocycles. The fraction of sp³-hybridized carbons (Fsp3) is 0.273. The molecule has 4 heterocycles. The number of hydrogen-bond acceptors (Lipinski definition) is 4. The van der Waals surface area contributed by atoms with E-state index in [4.69, 9.17) is 4.74 Å². The Hall–Kier alpha value is -3.33. The number of benzene rings is 1. The van der Waals surface area contributed by atoms with Gasteiger partial charge in [0.25, 0.3) is 0 Å². The maximum atomic E-state index is 13.8. The number of morpholine rings is 1. The van der Waals surface area contributed by atoms with Crippen LogP contribution in [0.4, 0.5) is 18.9 Å². The Morgan fingerprint density at radius 3 is 2.58 bits per heavy atom. The molecule has 1 aliphatic heterocycles. The number of ether oxygens (including phenoxy) is 1. The van der Waals surface area contributed by atoms with Crippen LogP contribution in [0.1, 0.15) is 5.56 Å². The lowest BCUT2D eigenvalue weighted by atomic mass is 10.0. The van der Waals surface area contributed by atoms with Crippen LogP contribution >= 0.6 is 0 Å². The molecular weight excluding hydrogens is 407 g/mol. The van der Waals surface area contributed by atoms with Crippen molar-refractivity contribution in [2.45, 2.75) is 6.18 Å². The van der Waals surface area contributed by atoms with Crippen LogP contribution in [0.2, 0.25) is 0 Å². The van der Waals surface area contributed by atoms with Crippen molar-refractivity contribution < 1.29 is 17.9 Å². The number of fused-ring (bicyclic) bond motifs is 1. The molecule has 1 N–H and O–H groups in total. The molecule has 0 amide bonds. The van der Waals surface area contributed by atoms with Crippen LogP contribution in [0.25, 0.3) is 33.4 Å². The molecule has 4 aromatic rings. The molecule has 0 unspecified atom stereocenters. The molecule has 5 rings (SSSR count). The first kappa shape index (κ1) is 19.6. The van der Waals surface area contributed by atoms with Gasteiger partial charge in [0.15, 0.2) is 0 Å². The van der Waals surface area contributed by atoms with Gasteiger partial charge in [0.05, 0.1) is 25.0 Å². The van der Waals surface area contributed by atoms with Crippen molar-refractivity contribution in [3.63, 3.8) is 0 Å². The molecule has 1 aromatic carbocycles. The van der Waals surface area contributed by atoms with Gasteiger partial charge in [0.1, 0.15) is 5.65 Å². The third-order valence-corrected chi connectivity index (χ3v) is 5.49. The molecule has 1 fully saturated rings. The van der Waals surface area contributed by atoms with Crippen molar-refractivity contribution in [1.29, 1.82) is 0 Å². The summed E-state index contributed by atoms with van der Waals surface area (Å²) in [7, 11) is 1.68. The number of alkyl halides is 3. The number of anilines is 1. The monoisotopic (exact) mass is 427 g/mol. The van der Waals surface area contributed by atoms with Crippen molar-refractivity contribution in [2.24, 2.45) is 7.05 Å². The van der Waals surface area contributed by atoms with Crippen molar-refractivity contribution in [3.05, 3.63) is 54.5 Å². The van der Waals surface area contributed by atoms with Crippen LogP contribution < -0.4 is 4.90 Å². The highest BCUT2D eigenvalue weighted by Gasteiger charge is 2.36. The zero-order chi connectivity index (χ0) is 21.6. The highest BCUT2D eigenvalue weighted by Crippen LogP contribution is 2.41. The van der Waals surface area contributed by atoms with Gasteiger partial charge in [-0.2, -0.15) is 18.3 Å². The van der Waals surface area contributed by atoms with Crippen LogP contribution in [0.3, 0.4) is 0 Å². The lowest BCUT2D eigenvalue weighted by molar-refractivity contribution is -0.137. The number of H-pyrrole nitrogens is 1. The Labute approximate surface area is 176 Å². The maximum absolute atomic E-state index is 13.8. The molecule has 0 spiro atoms. The minimum absolute atomic E-state index is 0.0810. The van der Waals surface area contributed by atoms with Crippen molar-refractivity contribution >= 4 is 16.7 Å². The van der Waals surface area contributed by atoms with E-state index in [2.05, 4.69) is 20.0 Å². The van der Waals surface area contributed by atoms with Crippen molar-refractivity contribution in [3.8, 4) is 22.4 Å². The number of halogens is 3. The van der Waals surface area contributed by atoms with Gasteiger partial charge < -0.3 is 14.6 Å². The zero-order valence-electron chi connectivity index (χ0n) is 16.8. The van der Waals surface area contributed by atoms with Crippen LogP contribution in [0.15, 0.2) is 48.9 Å². The van der Waals surface area contributed by atoms with Gasteiger partial charge in [-0.3, -0.25) is 4.68 Å². The molecule has 31 heavy (non-hydrogen) atoms. The Bertz CT molecular complexity index is 1240. The Balaban J connectivity index is 1.64. The number of nitrogens with zero attached hydrogens (tertiary/aromatic N) is 4. The summed E-state index contributed by atoms with van der Waals surface area (Å²) in [5.41, 5.74) is 2.75. The largest absolute Gasteiger partial charge is 0.418 e. The average Bonchev–Trinajstić information content (AvgIpc) is 3.39. The quantitative estimate of drug-likeness (QED) is 0.524. The van der Waals surface area contributed by atoms with Gasteiger partial charge in [-0.1, -0.05) is 12.1 Å². The fourth-order valence-corrected chi connectivity index (χ4v) is 4.00. The van der Waals surface area contributed by atoms with Gasteiger partial charge in [-0.15, -0.1) is 0 Å².